The summed E-state index contributed by atoms with van der Waals surface area (Å²) in [5, 5.41) is 2.91. The van der Waals surface area contributed by atoms with E-state index >= 15 is 0 Å². The molecule has 0 aliphatic rings. The zero-order chi connectivity index (χ0) is 19.8. The molecule has 0 bridgehead atoms. The SMILES string of the molecule is CC[C@H](Oc1ccccc1C)C(=O)NCc1ccc(OC)c(OC)c1OC. The highest BCUT2D eigenvalue weighted by atomic mass is 16.5. The fourth-order valence-corrected chi connectivity index (χ4v) is 2.76. The topological polar surface area (TPSA) is 66.0 Å². The van der Waals surface area contributed by atoms with Crippen molar-refractivity contribution in [2.75, 3.05) is 21.3 Å². The number of methoxy groups -OCH3 is 3. The first-order valence-electron chi connectivity index (χ1n) is 8.83. The van der Waals surface area contributed by atoms with Crippen LogP contribution in [0.4, 0.5) is 0 Å². The molecule has 0 saturated heterocycles. The van der Waals surface area contributed by atoms with Crippen molar-refractivity contribution in [3.8, 4) is 23.0 Å². The zero-order valence-electron chi connectivity index (χ0n) is 16.5. The van der Waals surface area contributed by atoms with Crippen LogP contribution in [0.5, 0.6) is 23.0 Å². The lowest BCUT2D eigenvalue weighted by atomic mass is 10.1. The molecule has 1 atom stereocenters. The predicted octanol–water partition coefficient (Wildman–Crippen LogP) is 3.49. The summed E-state index contributed by atoms with van der Waals surface area (Å²) in [5.74, 6) is 2.12. The summed E-state index contributed by atoms with van der Waals surface area (Å²) in [7, 11) is 4.66. The Morgan fingerprint density at radius 2 is 1.67 bits per heavy atom. The van der Waals surface area contributed by atoms with E-state index in [1.165, 1.54) is 0 Å². The van der Waals surface area contributed by atoms with Crippen LogP contribution in [0.25, 0.3) is 0 Å². The van der Waals surface area contributed by atoms with Gasteiger partial charge in [-0.15, -0.1) is 0 Å². The number of amides is 1. The van der Waals surface area contributed by atoms with Gasteiger partial charge in [-0.1, -0.05) is 25.1 Å². The van der Waals surface area contributed by atoms with Gasteiger partial charge >= 0.3 is 0 Å². The Labute approximate surface area is 160 Å². The van der Waals surface area contributed by atoms with E-state index in [9.17, 15) is 4.79 Å². The molecule has 6 heteroatoms. The maximum absolute atomic E-state index is 12.6. The van der Waals surface area contributed by atoms with Gasteiger partial charge < -0.3 is 24.3 Å². The van der Waals surface area contributed by atoms with E-state index in [4.69, 9.17) is 18.9 Å². The number of benzene rings is 2. The van der Waals surface area contributed by atoms with E-state index in [2.05, 4.69) is 5.32 Å². The quantitative estimate of drug-likeness (QED) is 0.729. The van der Waals surface area contributed by atoms with Gasteiger partial charge in [-0.2, -0.15) is 0 Å². The molecule has 27 heavy (non-hydrogen) atoms. The highest BCUT2D eigenvalue weighted by Crippen LogP contribution is 2.39. The van der Waals surface area contributed by atoms with Crippen LogP contribution in [-0.4, -0.2) is 33.3 Å². The predicted molar refractivity (Wildman–Crippen MR) is 104 cm³/mol. The van der Waals surface area contributed by atoms with Crippen molar-refractivity contribution >= 4 is 5.91 Å². The zero-order valence-corrected chi connectivity index (χ0v) is 16.5. The number of ether oxygens (including phenoxy) is 4. The molecule has 0 heterocycles. The van der Waals surface area contributed by atoms with Gasteiger partial charge in [-0.3, -0.25) is 4.79 Å². The number of aryl methyl sites for hydroxylation is 1. The first kappa shape index (κ1) is 20.4. The molecule has 2 rings (SSSR count). The average molecular weight is 373 g/mol. The Balaban J connectivity index is 2.10. The smallest absolute Gasteiger partial charge is 0.261 e. The van der Waals surface area contributed by atoms with Crippen molar-refractivity contribution < 1.29 is 23.7 Å². The van der Waals surface area contributed by atoms with Crippen LogP contribution in [-0.2, 0) is 11.3 Å². The molecule has 1 N–H and O–H groups in total. The maximum atomic E-state index is 12.6. The summed E-state index contributed by atoms with van der Waals surface area (Å²) in [6, 6.07) is 11.3. The Bertz CT molecular complexity index is 775. The van der Waals surface area contributed by atoms with Crippen molar-refractivity contribution in [2.24, 2.45) is 0 Å². The van der Waals surface area contributed by atoms with Crippen molar-refractivity contribution in [3.05, 3.63) is 47.5 Å². The first-order chi connectivity index (χ1) is 13.0. The van der Waals surface area contributed by atoms with Crippen molar-refractivity contribution in [2.45, 2.75) is 32.9 Å². The molecule has 0 aliphatic heterocycles. The molecule has 0 radical (unpaired) electrons. The molecule has 2 aromatic carbocycles. The van der Waals surface area contributed by atoms with E-state index < -0.39 is 6.10 Å². The average Bonchev–Trinajstić information content (AvgIpc) is 2.70. The minimum atomic E-state index is -0.572. The molecule has 146 valence electrons. The first-order valence-corrected chi connectivity index (χ1v) is 8.83. The van der Waals surface area contributed by atoms with Crippen LogP contribution < -0.4 is 24.3 Å². The van der Waals surface area contributed by atoms with Crippen molar-refractivity contribution in [1.29, 1.82) is 0 Å². The van der Waals surface area contributed by atoms with Gasteiger partial charge in [0.2, 0.25) is 5.75 Å². The largest absolute Gasteiger partial charge is 0.493 e. The highest BCUT2D eigenvalue weighted by Gasteiger charge is 2.21. The molecule has 6 nitrogen and oxygen atoms in total. The standard InChI is InChI=1S/C21H27NO5/c1-6-16(27-17-10-8-7-9-14(17)2)21(23)22-13-15-11-12-18(24-3)20(26-5)19(15)25-4/h7-12,16H,6,13H2,1-5H3,(H,22,23)/t16-/m0/s1. The molecular weight excluding hydrogens is 346 g/mol. The Kier molecular flexibility index (Phi) is 7.34. The molecule has 0 spiro atoms. The summed E-state index contributed by atoms with van der Waals surface area (Å²) >= 11 is 0. The van der Waals surface area contributed by atoms with Crippen LogP contribution in [0.2, 0.25) is 0 Å². The summed E-state index contributed by atoms with van der Waals surface area (Å²) in [6.45, 7) is 4.16. The Hall–Kier alpha value is -2.89. The Morgan fingerprint density at radius 3 is 2.26 bits per heavy atom. The van der Waals surface area contributed by atoms with E-state index in [1.807, 2.05) is 44.2 Å². The van der Waals surface area contributed by atoms with E-state index in [0.717, 1.165) is 11.1 Å². The monoisotopic (exact) mass is 373 g/mol. The lowest BCUT2D eigenvalue weighted by Gasteiger charge is -2.20. The van der Waals surface area contributed by atoms with Gasteiger partial charge in [0, 0.05) is 12.1 Å². The van der Waals surface area contributed by atoms with Gasteiger partial charge in [-0.25, -0.2) is 0 Å². The fourth-order valence-electron chi connectivity index (χ4n) is 2.76. The molecule has 2 aromatic rings. The molecule has 0 saturated carbocycles. The third-order valence-electron chi connectivity index (χ3n) is 4.26. The number of hydrogen-bond acceptors (Lipinski definition) is 5. The summed E-state index contributed by atoms with van der Waals surface area (Å²) in [4.78, 5) is 12.6. The number of hydrogen-bond donors (Lipinski definition) is 1. The van der Waals surface area contributed by atoms with Gasteiger partial charge in [0.05, 0.1) is 21.3 Å². The number of carbonyl (C=O) groups is 1. The second-order valence-corrected chi connectivity index (χ2v) is 5.99. The lowest BCUT2D eigenvalue weighted by molar-refractivity contribution is -0.128. The van der Waals surface area contributed by atoms with Crippen molar-refractivity contribution in [1.82, 2.24) is 5.32 Å². The normalized spacial score (nSPS) is 11.4. The van der Waals surface area contributed by atoms with Gasteiger partial charge in [0.25, 0.3) is 5.91 Å². The second kappa shape index (κ2) is 9.71. The number of carbonyl (C=O) groups excluding carboxylic acids is 1. The van der Waals surface area contributed by atoms with E-state index in [0.29, 0.717) is 29.4 Å². The third kappa shape index (κ3) is 4.84. The molecular formula is C21H27NO5. The van der Waals surface area contributed by atoms with Gasteiger partial charge in [0.1, 0.15) is 5.75 Å². The van der Waals surface area contributed by atoms with E-state index in [-0.39, 0.29) is 12.5 Å². The lowest BCUT2D eigenvalue weighted by Crippen LogP contribution is -2.37. The highest BCUT2D eigenvalue weighted by molar-refractivity contribution is 5.81. The minimum absolute atomic E-state index is 0.183. The van der Waals surface area contributed by atoms with Gasteiger partial charge in [-0.05, 0) is 37.1 Å². The summed E-state index contributed by atoms with van der Waals surface area (Å²) in [5.41, 5.74) is 1.78. The number of rotatable bonds is 9. The molecule has 0 unspecified atom stereocenters. The minimum Gasteiger partial charge on any atom is -0.493 e. The van der Waals surface area contributed by atoms with Crippen LogP contribution in [0.3, 0.4) is 0 Å². The van der Waals surface area contributed by atoms with Crippen LogP contribution in [0, 0.1) is 6.92 Å². The third-order valence-corrected chi connectivity index (χ3v) is 4.26. The number of nitrogens with one attached hydrogen (secondary N) is 1. The van der Waals surface area contributed by atoms with E-state index in [1.54, 1.807) is 27.4 Å². The van der Waals surface area contributed by atoms with Crippen LogP contribution in [0.15, 0.2) is 36.4 Å². The fraction of sp³-hybridized carbons (Fsp3) is 0.381. The van der Waals surface area contributed by atoms with Crippen molar-refractivity contribution in [3.63, 3.8) is 0 Å². The van der Waals surface area contributed by atoms with Crippen LogP contribution in [0.1, 0.15) is 24.5 Å². The summed E-state index contributed by atoms with van der Waals surface area (Å²) < 4.78 is 22.0. The Morgan fingerprint density at radius 1 is 0.963 bits per heavy atom. The molecule has 0 aliphatic carbocycles. The van der Waals surface area contributed by atoms with Gasteiger partial charge in [0.15, 0.2) is 17.6 Å². The molecule has 1 amide bonds. The molecule has 0 fully saturated rings. The summed E-state index contributed by atoms with van der Waals surface area (Å²) in [6.07, 6.45) is -0.0132. The molecule has 0 aromatic heterocycles. The second-order valence-electron chi connectivity index (χ2n) is 5.99. The van der Waals surface area contributed by atoms with Crippen LogP contribution >= 0.6 is 0 Å². The number of para-hydroxylation sites is 1. The maximum Gasteiger partial charge on any atom is 0.261 e.